The number of anilines is 1. The van der Waals surface area contributed by atoms with Crippen molar-refractivity contribution in [2.24, 2.45) is 0 Å². The maximum atomic E-state index is 11.4. The highest BCUT2D eigenvalue weighted by Gasteiger charge is 2.14. The molecule has 0 bridgehead atoms. The lowest BCUT2D eigenvalue weighted by Crippen LogP contribution is -2.26. The molecule has 0 unspecified atom stereocenters. The zero-order valence-electron chi connectivity index (χ0n) is 13.2. The summed E-state index contributed by atoms with van der Waals surface area (Å²) < 4.78 is 7.27. The lowest BCUT2D eigenvalue weighted by Gasteiger charge is -2.05. The van der Waals surface area contributed by atoms with Gasteiger partial charge in [0.15, 0.2) is 0 Å². The predicted octanol–water partition coefficient (Wildman–Crippen LogP) is 1.03. The summed E-state index contributed by atoms with van der Waals surface area (Å²) in [6, 6.07) is 9.58. The van der Waals surface area contributed by atoms with Crippen LogP contribution in [0.2, 0.25) is 0 Å². The Morgan fingerprint density at radius 2 is 2.13 bits per heavy atom. The minimum Gasteiger partial charge on any atom is -0.476 e. The summed E-state index contributed by atoms with van der Waals surface area (Å²) in [7, 11) is 0. The molecule has 1 aromatic carbocycles. The van der Waals surface area contributed by atoms with Crippen LogP contribution in [0.25, 0.3) is 5.69 Å². The number of nitrogens with two attached hydrogens (primary N) is 1. The third-order valence-electron chi connectivity index (χ3n) is 3.35. The van der Waals surface area contributed by atoms with E-state index >= 15 is 0 Å². The van der Waals surface area contributed by atoms with Crippen molar-refractivity contribution in [2.45, 2.75) is 19.8 Å². The van der Waals surface area contributed by atoms with E-state index in [0.29, 0.717) is 31.1 Å². The highest BCUT2D eigenvalue weighted by Crippen LogP contribution is 2.25. The van der Waals surface area contributed by atoms with Gasteiger partial charge in [-0.25, -0.2) is 4.68 Å². The van der Waals surface area contributed by atoms with Gasteiger partial charge < -0.3 is 20.9 Å². The van der Waals surface area contributed by atoms with Gasteiger partial charge in [-0.2, -0.15) is 0 Å². The zero-order chi connectivity index (χ0) is 16.7. The molecule has 0 aliphatic carbocycles. The van der Waals surface area contributed by atoms with Crippen molar-refractivity contribution < 1.29 is 14.6 Å². The number of carbonyl (C=O) groups excluding carboxylic acids is 1. The summed E-state index contributed by atoms with van der Waals surface area (Å²) in [6.45, 7) is 2.44. The number of carbonyl (C=O) groups is 1. The summed E-state index contributed by atoms with van der Waals surface area (Å²) >= 11 is 0. The topological polar surface area (TPSA) is 102 Å². The molecular formula is C16H22N4O3. The minimum atomic E-state index is -0.103. The first-order valence-corrected chi connectivity index (χ1v) is 7.54. The molecule has 1 aromatic heterocycles. The number of nitrogen functional groups attached to an aromatic ring is 1. The Balaban J connectivity index is 1.90. The van der Waals surface area contributed by atoms with Gasteiger partial charge in [0, 0.05) is 13.0 Å². The van der Waals surface area contributed by atoms with Crippen molar-refractivity contribution in [2.75, 3.05) is 25.5 Å². The molecule has 2 rings (SSSR count). The van der Waals surface area contributed by atoms with E-state index in [1.165, 1.54) is 0 Å². The SMILES string of the molecule is Cc1c(OCCCC(=O)NCCO)nn(-c2ccccc2)c1N. The molecule has 0 spiro atoms. The third-order valence-corrected chi connectivity index (χ3v) is 3.35. The van der Waals surface area contributed by atoms with E-state index in [9.17, 15) is 4.79 Å². The third kappa shape index (κ3) is 4.46. The fraction of sp³-hybridized carbons (Fsp3) is 0.375. The van der Waals surface area contributed by atoms with Gasteiger partial charge in [0.2, 0.25) is 11.8 Å². The van der Waals surface area contributed by atoms with Crippen molar-refractivity contribution in [3.63, 3.8) is 0 Å². The Morgan fingerprint density at radius 3 is 2.83 bits per heavy atom. The molecule has 7 nitrogen and oxygen atoms in total. The van der Waals surface area contributed by atoms with Crippen molar-refractivity contribution >= 4 is 11.7 Å². The van der Waals surface area contributed by atoms with Crippen LogP contribution in [0.15, 0.2) is 30.3 Å². The Bertz CT molecular complexity index is 640. The van der Waals surface area contributed by atoms with Gasteiger partial charge in [-0.15, -0.1) is 5.10 Å². The van der Waals surface area contributed by atoms with Crippen LogP contribution in [0.4, 0.5) is 5.82 Å². The summed E-state index contributed by atoms with van der Waals surface area (Å²) in [6.07, 6.45) is 0.905. The Labute approximate surface area is 135 Å². The number of nitrogens with one attached hydrogen (secondary N) is 1. The quantitative estimate of drug-likeness (QED) is 0.631. The summed E-state index contributed by atoms with van der Waals surface area (Å²) in [5.41, 5.74) is 7.72. The van der Waals surface area contributed by atoms with E-state index in [1.807, 2.05) is 37.3 Å². The number of ether oxygens (including phenoxy) is 1. The van der Waals surface area contributed by atoms with Crippen LogP contribution in [-0.4, -0.2) is 40.6 Å². The van der Waals surface area contributed by atoms with E-state index in [0.717, 1.165) is 11.3 Å². The van der Waals surface area contributed by atoms with E-state index < -0.39 is 0 Å². The molecule has 0 atom stereocenters. The number of amides is 1. The summed E-state index contributed by atoms with van der Waals surface area (Å²) in [5, 5.41) is 15.6. The standard InChI is InChI=1S/C16H22N4O3/c1-12-15(17)20(13-6-3-2-4-7-13)19-16(12)23-11-5-8-14(22)18-9-10-21/h2-4,6-7,21H,5,8-11,17H2,1H3,(H,18,22). The van der Waals surface area contributed by atoms with Gasteiger partial charge in [0.05, 0.1) is 24.5 Å². The number of aromatic nitrogens is 2. The van der Waals surface area contributed by atoms with Crippen molar-refractivity contribution in [3.05, 3.63) is 35.9 Å². The first-order chi connectivity index (χ1) is 11.1. The lowest BCUT2D eigenvalue weighted by atomic mass is 10.3. The highest BCUT2D eigenvalue weighted by molar-refractivity contribution is 5.75. The average molecular weight is 318 g/mol. The molecule has 7 heteroatoms. The second-order valence-electron chi connectivity index (χ2n) is 5.09. The van der Waals surface area contributed by atoms with Crippen LogP contribution in [0.1, 0.15) is 18.4 Å². The number of aliphatic hydroxyl groups is 1. The molecular weight excluding hydrogens is 296 g/mol. The number of benzene rings is 1. The fourth-order valence-corrected chi connectivity index (χ4v) is 2.08. The summed E-state index contributed by atoms with van der Waals surface area (Å²) in [5.74, 6) is 0.905. The smallest absolute Gasteiger partial charge is 0.238 e. The molecule has 1 heterocycles. The van der Waals surface area contributed by atoms with Crippen LogP contribution in [-0.2, 0) is 4.79 Å². The number of rotatable bonds is 8. The van der Waals surface area contributed by atoms with Crippen LogP contribution < -0.4 is 15.8 Å². The monoisotopic (exact) mass is 318 g/mol. The van der Waals surface area contributed by atoms with Gasteiger partial charge in [0.25, 0.3) is 0 Å². The number of nitrogens with zero attached hydrogens (tertiary/aromatic N) is 2. The Kier molecular flexibility index (Phi) is 5.99. The van der Waals surface area contributed by atoms with Gasteiger partial charge in [0.1, 0.15) is 5.82 Å². The predicted molar refractivity (Wildman–Crippen MR) is 87.5 cm³/mol. The molecule has 1 amide bonds. The Hall–Kier alpha value is -2.54. The van der Waals surface area contributed by atoms with Crippen molar-refractivity contribution in [1.29, 1.82) is 0 Å². The first kappa shape index (κ1) is 16.8. The molecule has 0 saturated carbocycles. The molecule has 0 aliphatic heterocycles. The van der Waals surface area contributed by atoms with E-state index in [2.05, 4.69) is 10.4 Å². The molecule has 0 aliphatic rings. The average Bonchev–Trinajstić information content (AvgIpc) is 2.86. The number of para-hydroxylation sites is 1. The lowest BCUT2D eigenvalue weighted by molar-refractivity contribution is -0.121. The van der Waals surface area contributed by atoms with Crippen LogP contribution in [0, 0.1) is 6.92 Å². The summed E-state index contributed by atoms with van der Waals surface area (Å²) in [4.78, 5) is 11.4. The molecule has 2 aromatic rings. The van der Waals surface area contributed by atoms with Gasteiger partial charge in [-0.1, -0.05) is 18.2 Å². The van der Waals surface area contributed by atoms with E-state index in [1.54, 1.807) is 4.68 Å². The maximum Gasteiger partial charge on any atom is 0.238 e. The van der Waals surface area contributed by atoms with Gasteiger partial charge in [-0.3, -0.25) is 4.79 Å². The second kappa shape index (κ2) is 8.19. The molecule has 0 saturated heterocycles. The first-order valence-electron chi connectivity index (χ1n) is 7.54. The number of aliphatic hydroxyl groups excluding tert-OH is 1. The second-order valence-corrected chi connectivity index (χ2v) is 5.09. The van der Waals surface area contributed by atoms with Gasteiger partial charge >= 0.3 is 0 Å². The van der Waals surface area contributed by atoms with Crippen LogP contribution in [0.5, 0.6) is 5.88 Å². The Morgan fingerprint density at radius 1 is 1.39 bits per heavy atom. The van der Waals surface area contributed by atoms with Crippen LogP contribution >= 0.6 is 0 Å². The van der Waals surface area contributed by atoms with E-state index in [4.69, 9.17) is 15.6 Å². The molecule has 4 N–H and O–H groups in total. The fourth-order valence-electron chi connectivity index (χ4n) is 2.08. The molecule has 124 valence electrons. The van der Waals surface area contributed by atoms with Crippen molar-refractivity contribution in [3.8, 4) is 11.6 Å². The zero-order valence-corrected chi connectivity index (χ0v) is 13.2. The van der Waals surface area contributed by atoms with Gasteiger partial charge in [-0.05, 0) is 25.5 Å². The maximum absolute atomic E-state index is 11.4. The normalized spacial score (nSPS) is 10.5. The number of hydrogen-bond acceptors (Lipinski definition) is 5. The highest BCUT2D eigenvalue weighted by atomic mass is 16.5. The van der Waals surface area contributed by atoms with Crippen molar-refractivity contribution in [1.82, 2.24) is 15.1 Å². The molecule has 23 heavy (non-hydrogen) atoms. The van der Waals surface area contributed by atoms with Crippen LogP contribution in [0.3, 0.4) is 0 Å². The molecule has 0 fully saturated rings. The van der Waals surface area contributed by atoms with E-state index in [-0.39, 0.29) is 19.1 Å². The number of hydrogen-bond donors (Lipinski definition) is 3. The minimum absolute atomic E-state index is 0.0579. The molecule has 0 radical (unpaired) electrons. The largest absolute Gasteiger partial charge is 0.476 e.